The zero-order chi connectivity index (χ0) is 12.3. The smallest absolute Gasteiger partial charge is 0.261 e. The summed E-state index contributed by atoms with van der Waals surface area (Å²) < 4.78 is 1.55. The minimum Gasteiger partial charge on any atom is -0.395 e. The molecule has 2 rings (SSSR count). The third-order valence-corrected chi connectivity index (χ3v) is 2.98. The predicted octanol–water partition coefficient (Wildman–Crippen LogP) is 1.33. The van der Waals surface area contributed by atoms with Gasteiger partial charge in [0, 0.05) is 11.8 Å². The molecule has 5 heteroatoms. The van der Waals surface area contributed by atoms with E-state index in [1.807, 2.05) is 18.2 Å². The van der Waals surface area contributed by atoms with E-state index < -0.39 is 0 Å². The molecule has 2 aromatic rings. The number of nitrogens with zero attached hydrogens (tertiary/aromatic N) is 2. The Morgan fingerprint density at radius 3 is 2.82 bits per heavy atom. The molecule has 0 spiro atoms. The number of rotatable bonds is 4. The molecule has 1 aromatic heterocycles. The summed E-state index contributed by atoms with van der Waals surface area (Å²) in [6.07, 6.45) is 0.667. The van der Waals surface area contributed by atoms with Gasteiger partial charge >= 0.3 is 0 Å². The van der Waals surface area contributed by atoms with Gasteiger partial charge in [-0.2, -0.15) is 0 Å². The van der Waals surface area contributed by atoms with Crippen LogP contribution in [0.1, 0.15) is 5.82 Å². The third-order valence-electron chi connectivity index (χ3n) is 2.58. The van der Waals surface area contributed by atoms with E-state index in [1.165, 1.54) is 0 Å². The summed E-state index contributed by atoms with van der Waals surface area (Å²) >= 11 is 3.34. The molecule has 0 saturated heterocycles. The highest BCUT2D eigenvalue weighted by Crippen LogP contribution is 2.08. The predicted molar refractivity (Wildman–Crippen MR) is 70.6 cm³/mol. The quantitative estimate of drug-likeness (QED) is 0.866. The fourth-order valence-electron chi connectivity index (χ4n) is 1.82. The lowest BCUT2D eigenvalue weighted by molar-refractivity contribution is 0.272. The van der Waals surface area contributed by atoms with Crippen LogP contribution in [0.25, 0.3) is 10.9 Å². The molecule has 0 saturated carbocycles. The molecule has 0 aliphatic heterocycles. The van der Waals surface area contributed by atoms with Gasteiger partial charge in [0.15, 0.2) is 0 Å². The SMILES string of the molecule is O=c1c2ccccc2nc(CCBr)n1CCO. The number of para-hydroxylation sites is 1. The standard InChI is InChI=1S/C12H13BrN2O2/c13-6-5-11-14-10-4-2-1-3-9(10)12(17)15(11)7-8-16/h1-4,16H,5-8H2. The van der Waals surface area contributed by atoms with Crippen molar-refractivity contribution in [2.24, 2.45) is 0 Å². The Morgan fingerprint density at radius 1 is 1.35 bits per heavy atom. The van der Waals surface area contributed by atoms with Crippen molar-refractivity contribution in [3.8, 4) is 0 Å². The molecule has 0 radical (unpaired) electrons. The summed E-state index contributed by atoms with van der Waals surface area (Å²) in [5.74, 6) is 0.708. The summed E-state index contributed by atoms with van der Waals surface area (Å²) in [5.41, 5.74) is 0.628. The van der Waals surface area contributed by atoms with Gasteiger partial charge in [-0.25, -0.2) is 4.98 Å². The van der Waals surface area contributed by atoms with Crippen molar-refractivity contribution in [1.82, 2.24) is 9.55 Å². The van der Waals surface area contributed by atoms with Crippen molar-refractivity contribution in [2.75, 3.05) is 11.9 Å². The van der Waals surface area contributed by atoms with Crippen LogP contribution in [-0.2, 0) is 13.0 Å². The highest BCUT2D eigenvalue weighted by Gasteiger charge is 2.09. The fourth-order valence-corrected chi connectivity index (χ4v) is 2.17. The van der Waals surface area contributed by atoms with Crippen molar-refractivity contribution in [3.63, 3.8) is 0 Å². The molecule has 0 bridgehead atoms. The first-order valence-corrected chi connectivity index (χ1v) is 6.55. The van der Waals surface area contributed by atoms with Crippen LogP contribution in [0.5, 0.6) is 0 Å². The maximum atomic E-state index is 12.2. The monoisotopic (exact) mass is 296 g/mol. The number of hydrogen-bond acceptors (Lipinski definition) is 3. The second kappa shape index (κ2) is 5.42. The average Bonchev–Trinajstić information content (AvgIpc) is 2.34. The molecule has 0 amide bonds. The first-order valence-electron chi connectivity index (χ1n) is 5.43. The zero-order valence-corrected chi connectivity index (χ0v) is 10.9. The Morgan fingerprint density at radius 2 is 2.12 bits per heavy atom. The molecule has 0 fully saturated rings. The topological polar surface area (TPSA) is 55.1 Å². The molecule has 0 unspecified atom stereocenters. The molecular weight excluding hydrogens is 284 g/mol. The summed E-state index contributed by atoms with van der Waals surface area (Å²) in [6.45, 7) is 0.230. The van der Waals surface area contributed by atoms with E-state index in [9.17, 15) is 4.79 Å². The second-order valence-electron chi connectivity index (χ2n) is 3.66. The van der Waals surface area contributed by atoms with Crippen LogP contribution >= 0.6 is 15.9 Å². The maximum Gasteiger partial charge on any atom is 0.261 e. The zero-order valence-electron chi connectivity index (χ0n) is 9.27. The normalized spacial score (nSPS) is 10.9. The minimum absolute atomic E-state index is 0.0603. The number of aryl methyl sites for hydroxylation is 1. The fraction of sp³-hybridized carbons (Fsp3) is 0.333. The van der Waals surface area contributed by atoms with E-state index in [0.717, 1.165) is 5.33 Å². The van der Waals surface area contributed by atoms with Crippen LogP contribution in [0, 0.1) is 0 Å². The van der Waals surface area contributed by atoms with E-state index in [2.05, 4.69) is 20.9 Å². The van der Waals surface area contributed by atoms with Gasteiger partial charge in [0.25, 0.3) is 5.56 Å². The van der Waals surface area contributed by atoms with Crippen molar-refractivity contribution in [2.45, 2.75) is 13.0 Å². The Kier molecular flexibility index (Phi) is 3.91. The van der Waals surface area contributed by atoms with Gasteiger partial charge in [-0.1, -0.05) is 28.1 Å². The largest absolute Gasteiger partial charge is 0.395 e. The van der Waals surface area contributed by atoms with Crippen molar-refractivity contribution >= 4 is 26.8 Å². The highest BCUT2D eigenvalue weighted by molar-refractivity contribution is 9.09. The van der Waals surface area contributed by atoms with E-state index >= 15 is 0 Å². The van der Waals surface area contributed by atoms with E-state index in [0.29, 0.717) is 29.7 Å². The number of hydrogen-bond donors (Lipinski definition) is 1. The van der Waals surface area contributed by atoms with Gasteiger partial charge in [-0.05, 0) is 12.1 Å². The van der Waals surface area contributed by atoms with Crippen LogP contribution in [0.4, 0.5) is 0 Å². The first-order chi connectivity index (χ1) is 8.27. The Balaban J connectivity index is 2.69. The van der Waals surface area contributed by atoms with Gasteiger partial charge < -0.3 is 5.11 Å². The van der Waals surface area contributed by atoms with Crippen molar-refractivity contribution in [3.05, 3.63) is 40.4 Å². The summed E-state index contributed by atoms with van der Waals surface area (Å²) in [6, 6.07) is 7.27. The summed E-state index contributed by atoms with van der Waals surface area (Å²) in [7, 11) is 0. The number of aliphatic hydroxyl groups excluding tert-OH is 1. The molecule has 90 valence electrons. The van der Waals surface area contributed by atoms with E-state index in [1.54, 1.807) is 10.6 Å². The van der Waals surface area contributed by atoms with Gasteiger partial charge in [0.05, 0.1) is 24.1 Å². The number of aliphatic hydroxyl groups is 1. The molecule has 1 aromatic carbocycles. The van der Waals surface area contributed by atoms with Gasteiger partial charge in [0.1, 0.15) is 5.82 Å². The van der Waals surface area contributed by atoms with Crippen LogP contribution < -0.4 is 5.56 Å². The van der Waals surface area contributed by atoms with Gasteiger partial charge in [0.2, 0.25) is 0 Å². The van der Waals surface area contributed by atoms with Crippen LogP contribution in [-0.4, -0.2) is 26.6 Å². The van der Waals surface area contributed by atoms with Crippen molar-refractivity contribution in [1.29, 1.82) is 0 Å². The summed E-state index contributed by atoms with van der Waals surface area (Å²) in [5, 5.41) is 10.3. The Hall–Kier alpha value is -1.20. The maximum absolute atomic E-state index is 12.2. The number of aromatic nitrogens is 2. The van der Waals surface area contributed by atoms with Crippen LogP contribution in [0.2, 0.25) is 0 Å². The van der Waals surface area contributed by atoms with Crippen LogP contribution in [0.15, 0.2) is 29.1 Å². The lowest BCUT2D eigenvalue weighted by Gasteiger charge is -2.11. The van der Waals surface area contributed by atoms with Crippen LogP contribution in [0.3, 0.4) is 0 Å². The Bertz CT molecular complexity index is 580. The van der Waals surface area contributed by atoms with E-state index in [-0.39, 0.29) is 12.2 Å². The first kappa shape index (κ1) is 12.3. The summed E-state index contributed by atoms with van der Waals surface area (Å²) in [4.78, 5) is 16.7. The number of alkyl halides is 1. The number of halogens is 1. The average molecular weight is 297 g/mol. The second-order valence-corrected chi connectivity index (χ2v) is 4.46. The van der Waals surface area contributed by atoms with Gasteiger partial charge in [-0.15, -0.1) is 0 Å². The minimum atomic E-state index is -0.0828. The molecule has 4 nitrogen and oxygen atoms in total. The molecule has 0 atom stereocenters. The molecule has 0 aliphatic carbocycles. The molecule has 1 heterocycles. The highest BCUT2D eigenvalue weighted by atomic mass is 79.9. The van der Waals surface area contributed by atoms with E-state index in [4.69, 9.17) is 5.11 Å². The molecular formula is C12H13BrN2O2. The van der Waals surface area contributed by atoms with Gasteiger partial charge in [-0.3, -0.25) is 9.36 Å². The lowest BCUT2D eigenvalue weighted by atomic mass is 10.2. The third kappa shape index (κ3) is 2.40. The number of benzene rings is 1. The molecule has 0 aliphatic rings. The number of fused-ring (bicyclic) bond motifs is 1. The van der Waals surface area contributed by atoms with Crippen molar-refractivity contribution < 1.29 is 5.11 Å². The Labute approximate surface area is 107 Å². The lowest BCUT2D eigenvalue weighted by Crippen LogP contribution is -2.27. The molecule has 17 heavy (non-hydrogen) atoms. The molecule has 1 N–H and O–H groups in total.